The van der Waals surface area contributed by atoms with Gasteiger partial charge in [-0.2, -0.15) is 0 Å². The van der Waals surface area contributed by atoms with E-state index in [1.54, 1.807) is 7.11 Å². The molecule has 0 aromatic heterocycles. The van der Waals surface area contributed by atoms with Gasteiger partial charge in [0, 0.05) is 13.7 Å². The second-order valence-corrected chi connectivity index (χ2v) is 3.11. The van der Waals surface area contributed by atoms with Crippen molar-refractivity contribution in [1.29, 1.82) is 0 Å². The van der Waals surface area contributed by atoms with Gasteiger partial charge < -0.3 is 9.84 Å². The predicted octanol–water partition coefficient (Wildman–Crippen LogP) is 1.77. The number of carbonyl (C=O) groups is 1. The standard InChI is InChI=1S/C9H18O3/c1-4-8(9(10)11)7(2)5-6-12-3/h7-8H,4-6H2,1-3H3,(H,10,11). The fourth-order valence-corrected chi connectivity index (χ4v) is 1.33. The number of methoxy groups -OCH3 is 1. The van der Waals surface area contributed by atoms with E-state index in [0.717, 1.165) is 6.42 Å². The topological polar surface area (TPSA) is 46.5 Å². The summed E-state index contributed by atoms with van der Waals surface area (Å²) in [7, 11) is 1.63. The summed E-state index contributed by atoms with van der Waals surface area (Å²) >= 11 is 0. The smallest absolute Gasteiger partial charge is 0.306 e. The molecule has 0 heterocycles. The number of carboxylic acid groups (broad SMARTS) is 1. The molecular weight excluding hydrogens is 156 g/mol. The van der Waals surface area contributed by atoms with Crippen LogP contribution in [0.2, 0.25) is 0 Å². The fourth-order valence-electron chi connectivity index (χ4n) is 1.33. The van der Waals surface area contributed by atoms with E-state index in [1.807, 2.05) is 13.8 Å². The lowest BCUT2D eigenvalue weighted by molar-refractivity contribution is -0.143. The Morgan fingerprint density at radius 3 is 2.50 bits per heavy atom. The third-order valence-corrected chi connectivity index (χ3v) is 2.22. The maximum absolute atomic E-state index is 10.7. The Morgan fingerprint density at radius 1 is 1.58 bits per heavy atom. The quantitative estimate of drug-likeness (QED) is 0.667. The highest BCUT2D eigenvalue weighted by Crippen LogP contribution is 2.18. The lowest BCUT2D eigenvalue weighted by Gasteiger charge is -2.17. The van der Waals surface area contributed by atoms with Crippen LogP contribution in [0.15, 0.2) is 0 Å². The Hall–Kier alpha value is -0.570. The average Bonchev–Trinajstić information content (AvgIpc) is 2.01. The molecular formula is C9H18O3. The van der Waals surface area contributed by atoms with E-state index in [1.165, 1.54) is 0 Å². The molecule has 0 saturated heterocycles. The first-order valence-electron chi connectivity index (χ1n) is 4.35. The van der Waals surface area contributed by atoms with Crippen molar-refractivity contribution in [1.82, 2.24) is 0 Å². The lowest BCUT2D eigenvalue weighted by atomic mass is 9.89. The first kappa shape index (κ1) is 11.4. The molecule has 1 N–H and O–H groups in total. The number of aliphatic carboxylic acids is 1. The molecule has 0 saturated carbocycles. The van der Waals surface area contributed by atoms with E-state index in [-0.39, 0.29) is 11.8 Å². The zero-order chi connectivity index (χ0) is 9.56. The number of hydrogen-bond acceptors (Lipinski definition) is 2. The van der Waals surface area contributed by atoms with Crippen molar-refractivity contribution < 1.29 is 14.6 Å². The van der Waals surface area contributed by atoms with Crippen LogP contribution in [0.5, 0.6) is 0 Å². The summed E-state index contributed by atoms with van der Waals surface area (Å²) < 4.78 is 4.89. The Labute approximate surface area is 73.7 Å². The van der Waals surface area contributed by atoms with Crippen molar-refractivity contribution >= 4 is 5.97 Å². The van der Waals surface area contributed by atoms with Crippen LogP contribution in [0, 0.1) is 11.8 Å². The Morgan fingerprint density at radius 2 is 2.17 bits per heavy atom. The third-order valence-electron chi connectivity index (χ3n) is 2.22. The Bertz CT molecular complexity index is 134. The normalized spacial score (nSPS) is 15.6. The van der Waals surface area contributed by atoms with Crippen molar-refractivity contribution in [2.45, 2.75) is 26.7 Å². The van der Waals surface area contributed by atoms with Crippen LogP contribution in [0.3, 0.4) is 0 Å². The van der Waals surface area contributed by atoms with Gasteiger partial charge in [0.2, 0.25) is 0 Å². The molecule has 0 aromatic rings. The van der Waals surface area contributed by atoms with E-state index in [9.17, 15) is 4.79 Å². The van der Waals surface area contributed by atoms with E-state index in [2.05, 4.69) is 0 Å². The molecule has 3 nitrogen and oxygen atoms in total. The number of rotatable bonds is 6. The van der Waals surface area contributed by atoms with Crippen LogP contribution in [-0.2, 0) is 9.53 Å². The summed E-state index contributed by atoms with van der Waals surface area (Å²) in [5, 5.41) is 8.80. The number of ether oxygens (including phenoxy) is 1. The number of hydrogen-bond donors (Lipinski definition) is 1. The molecule has 0 aliphatic heterocycles. The van der Waals surface area contributed by atoms with E-state index < -0.39 is 5.97 Å². The number of carboxylic acids is 1. The average molecular weight is 174 g/mol. The second kappa shape index (κ2) is 6.00. The maximum atomic E-state index is 10.7. The molecule has 2 unspecified atom stereocenters. The zero-order valence-electron chi connectivity index (χ0n) is 8.04. The SMILES string of the molecule is CCC(C(=O)O)C(C)CCOC. The van der Waals surface area contributed by atoms with E-state index >= 15 is 0 Å². The molecule has 0 rings (SSSR count). The van der Waals surface area contributed by atoms with Crippen molar-refractivity contribution in [3.05, 3.63) is 0 Å². The van der Waals surface area contributed by atoms with Crippen molar-refractivity contribution in [2.75, 3.05) is 13.7 Å². The highest BCUT2D eigenvalue weighted by Gasteiger charge is 2.21. The summed E-state index contributed by atoms with van der Waals surface area (Å²) in [6.45, 7) is 4.51. The predicted molar refractivity (Wildman–Crippen MR) is 47.1 cm³/mol. The van der Waals surface area contributed by atoms with E-state index in [4.69, 9.17) is 9.84 Å². The van der Waals surface area contributed by atoms with Gasteiger partial charge in [0.1, 0.15) is 0 Å². The maximum Gasteiger partial charge on any atom is 0.306 e. The molecule has 0 fully saturated rings. The van der Waals surface area contributed by atoms with Crippen LogP contribution < -0.4 is 0 Å². The second-order valence-electron chi connectivity index (χ2n) is 3.11. The van der Waals surface area contributed by atoms with Gasteiger partial charge >= 0.3 is 5.97 Å². The van der Waals surface area contributed by atoms with Crippen molar-refractivity contribution in [3.8, 4) is 0 Å². The van der Waals surface area contributed by atoms with Gasteiger partial charge in [-0.25, -0.2) is 0 Å². The molecule has 12 heavy (non-hydrogen) atoms. The monoisotopic (exact) mass is 174 g/mol. The van der Waals surface area contributed by atoms with E-state index in [0.29, 0.717) is 13.0 Å². The molecule has 0 bridgehead atoms. The van der Waals surface area contributed by atoms with Crippen LogP contribution in [0.1, 0.15) is 26.7 Å². The van der Waals surface area contributed by atoms with Gasteiger partial charge in [-0.1, -0.05) is 13.8 Å². The largest absolute Gasteiger partial charge is 0.481 e. The summed E-state index contributed by atoms with van der Waals surface area (Å²) in [6, 6.07) is 0. The van der Waals surface area contributed by atoms with Crippen LogP contribution >= 0.6 is 0 Å². The van der Waals surface area contributed by atoms with Gasteiger partial charge in [0.25, 0.3) is 0 Å². The van der Waals surface area contributed by atoms with Crippen molar-refractivity contribution in [3.63, 3.8) is 0 Å². The first-order chi connectivity index (χ1) is 5.63. The van der Waals surface area contributed by atoms with Gasteiger partial charge in [-0.05, 0) is 18.8 Å². The molecule has 2 atom stereocenters. The molecule has 72 valence electrons. The lowest BCUT2D eigenvalue weighted by Crippen LogP contribution is -2.21. The molecule has 0 radical (unpaired) electrons. The van der Waals surface area contributed by atoms with Gasteiger partial charge in [0.15, 0.2) is 0 Å². The minimum absolute atomic E-state index is 0.201. The van der Waals surface area contributed by atoms with Crippen LogP contribution in [0.4, 0.5) is 0 Å². The Balaban J connectivity index is 3.85. The van der Waals surface area contributed by atoms with Gasteiger partial charge in [0.05, 0.1) is 5.92 Å². The molecule has 0 aliphatic carbocycles. The van der Waals surface area contributed by atoms with Gasteiger partial charge in [-0.3, -0.25) is 4.79 Å². The minimum atomic E-state index is -0.693. The first-order valence-corrected chi connectivity index (χ1v) is 4.35. The van der Waals surface area contributed by atoms with Crippen molar-refractivity contribution in [2.24, 2.45) is 11.8 Å². The summed E-state index contributed by atoms with van der Waals surface area (Å²) in [5.74, 6) is -0.714. The third kappa shape index (κ3) is 3.72. The summed E-state index contributed by atoms with van der Waals surface area (Å²) in [5.41, 5.74) is 0. The molecule has 0 amide bonds. The molecule has 0 aromatic carbocycles. The Kier molecular flexibility index (Phi) is 5.72. The molecule has 0 spiro atoms. The highest BCUT2D eigenvalue weighted by molar-refractivity contribution is 5.70. The van der Waals surface area contributed by atoms with Crippen LogP contribution in [0.25, 0.3) is 0 Å². The summed E-state index contributed by atoms with van der Waals surface area (Å²) in [4.78, 5) is 10.7. The molecule has 0 aliphatic rings. The highest BCUT2D eigenvalue weighted by atomic mass is 16.5. The zero-order valence-corrected chi connectivity index (χ0v) is 8.04. The van der Waals surface area contributed by atoms with Gasteiger partial charge in [-0.15, -0.1) is 0 Å². The van der Waals surface area contributed by atoms with Crippen LogP contribution in [-0.4, -0.2) is 24.8 Å². The molecule has 3 heteroatoms. The fraction of sp³-hybridized carbons (Fsp3) is 0.889. The minimum Gasteiger partial charge on any atom is -0.481 e. The summed E-state index contributed by atoms with van der Waals surface area (Å²) in [6.07, 6.45) is 1.52.